The van der Waals surface area contributed by atoms with Crippen LogP contribution in [0, 0.1) is 6.92 Å². The van der Waals surface area contributed by atoms with Gasteiger partial charge in [0.05, 0.1) is 6.61 Å². The highest BCUT2D eigenvalue weighted by atomic mass is 32.1. The molecule has 0 bridgehead atoms. The fourth-order valence-corrected chi connectivity index (χ4v) is 1.81. The van der Waals surface area contributed by atoms with Crippen molar-refractivity contribution in [2.75, 3.05) is 13.2 Å². The first-order valence-corrected chi connectivity index (χ1v) is 5.13. The summed E-state index contributed by atoms with van der Waals surface area (Å²) in [6.45, 7) is 2.87. The summed E-state index contributed by atoms with van der Waals surface area (Å²) in [6.07, 6.45) is 0.730. The van der Waals surface area contributed by atoms with Crippen LogP contribution in [0.1, 0.15) is 21.0 Å². The number of hydrogen-bond acceptors (Lipinski definition) is 4. The van der Waals surface area contributed by atoms with Gasteiger partial charge in [-0.25, -0.2) is 4.79 Å². The summed E-state index contributed by atoms with van der Waals surface area (Å²) >= 11 is 1.22. The van der Waals surface area contributed by atoms with E-state index in [-0.39, 0.29) is 4.88 Å². The van der Waals surface area contributed by atoms with Gasteiger partial charge in [-0.2, -0.15) is 0 Å². The molecule has 0 atom stereocenters. The van der Waals surface area contributed by atoms with Gasteiger partial charge in [-0.3, -0.25) is 0 Å². The normalized spacial score (nSPS) is 10.1. The number of nitrogens with two attached hydrogens (primary N) is 1. The summed E-state index contributed by atoms with van der Waals surface area (Å²) in [7, 11) is 0. The van der Waals surface area contributed by atoms with Gasteiger partial charge >= 0.3 is 5.97 Å². The summed E-state index contributed by atoms with van der Waals surface area (Å²) < 4.78 is 5.31. The van der Waals surface area contributed by atoms with Gasteiger partial charge in [0, 0.05) is 4.88 Å². The second-order valence-electron chi connectivity index (χ2n) is 2.85. The van der Waals surface area contributed by atoms with Crippen LogP contribution in [0.5, 0.6) is 5.75 Å². The Balaban J connectivity index is 2.69. The van der Waals surface area contributed by atoms with Crippen LogP contribution in [-0.4, -0.2) is 24.2 Å². The maximum Gasteiger partial charge on any atom is 0.349 e. The number of carboxylic acid groups (broad SMARTS) is 1. The van der Waals surface area contributed by atoms with Crippen molar-refractivity contribution in [1.82, 2.24) is 0 Å². The standard InChI is InChI=1S/C9H13NO3S/c1-6-5-7(13-4-2-3-10)8(14-6)9(11)12/h5H,2-4,10H2,1H3,(H,11,12). The van der Waals surface area contributed by atoms with E-state index in [4.69, 9.17) is 15.6 Å². The van der Waals surface area contributed by atoms with Crippen LogP contribution < -0.4 is 10.5 Å². The van der Waals surface area contributed by atoms with Crippen LogP contribution in [0.2, 0.25) is 0 Å². The lowest BCUT2D eigenvalue weighted by molar-refractivity contribution is 0.0698. The second kappa shape index (κ2) is 4.97. The highest BCUT2D eigenvalue weighted by Crippen LogP contribution is 2.28. The van der Waals surface area contributed by atoms with Crippen molar-refractivity contribution in [2.24, 2.45) is 5.73 Å². The van der Waals surface area contributed by atoms with E-state index in [0.717, 1.165) is 11.3 Å². The van der Waals surface area contributed by atoms with E-state index >= 15 is 0 Å². The Bertz CT molecular complexity index is 322. The summed E-state index contributed by atoms with van der Waals surface area (Å²) in [5.41, 5.74) is 5.30. The van der Waals surface area contributed by atoms with Gasteiger partial charge in [0.25, 0.3) is 0 Å². The Kier molecular flexibility index (Phi) is 3.91. The van der Waals surface area contributed by atoms with E-state index in [2.05, 4.69) is 0 Å². The summed E-state index contributed by atoms with van der Waals surface area (Å²) in [6, 6.07) is 1.74. The van der Waals surface area contributed by atoms with Gasteiger partial charge in [-0.15, -0.1) is 11.3 Å². The molecule has 0 amide bonds. The first-order valence-electron chi connectivity index (χ1n) is 4.31. The summed E-state index contributed by atoms with van der Waals surface area (Å²) in [4.78, 5) is 12.0. The molecule has 3 N–H and O–H groups in total. The number of carboxylic acids is 1. The molecule has 14 heavy (non-hydrogen) atoms. The Morgan fingerprint density at radius 3 is 3.00 bits per heavy atom. The molecule has 0 spiro atoms. The van der Waals surface area contributed by atoms with Crippen molar-refractivity contribution in [2.45, 2.75) is 13.3 Å². The Labute approximate surface area is 86.3 Å². The van der Waals surface area contributed by atoms with E-state index in [0.29, 0.717) is 18.9 Å². The first-order chi connectivity index (χ1) is 6.65. The smallest absolute Gasteiger partial charge is 0.349 e. The number of carbonyl (C=O) groups is 1. The number of aromatic carboxylic acids is 1. The maximum absolute atomic E-state index is 10.8. The van der Waals surface area contributed by atoms with Gasteiger partial charge in [0.15, 0.2) is 4.88 Å². The number of rotatable bonds is 5. The van der Waals surface area contributed by atoms with Crippen LogP contribution >= 0.6 is 11.3 Å². The summed E-state index contributed by atoms with van der Waals surface area (Å²) in [5, 5.41) is 8.84. The SMILES string of the molecule is Cc1cc(OCCCN)c(C(=O)O)s1. The average Bonchev–Trinajstić information content (AvgIpc) is 2.47. The Hall–Kier alpha value is -1.07. The second-order valence-corrected chi connectivity index (χ2v) is 4.10. The number of ether oxygens (including phenoxy) is 1. The lowest BCUT2D eigenvalue weighted by Gasteiger charge is -2.03. The van der Waals surface area contributed by atoms with Crippen molar-refractivity contribution in [3.05, 3.63) is 15.8 Å². The molecule has 0 aromatic carbocycles. The van der Waals surface area contributed by atoms with Crippen molar-refractivity contribution in [3.8, 4) is 5.75 Å². The molecular formula is C9H13NO3S. The molecule has 0 unspecified atom stereocenters. The third-order valence-corrected chi connectivity index (χ3v) is 2.64. The fourth-order valence-electron chi connectivity index (χ4n) is 1.01. The zero-order chi connectivity index (χ0) is 10.6. The zero-order valence-corrected chi connectivity index (χ0v) is 8.76. The molecule has 1 heterocycles. The molecule has 0 aliphatic carbocycles. The monoisotopic (exact) mass is 215 g/mol. The lowest BCUT2D eigenvalue weighted by Crippen LogP contribution is -2.07. The van der Waals surface area contributed by atoms with Crippen LogP contribution in [0.4, 0.5) is 0 Å². The molecule has 0 saturated carbocycles. The molecule has 0 radical (unpaired) electrons. The van der Waals surface area contributed by atoms with Crippen LogP contribution in [0.15, 0.2) is 6.07 Å². The van der Waals surface area contributed by atoms with E-state index in [1.807, 2.05) is 6.92 Å². The average molecular weight is 215 g/mol. The quantitative estimate of drug-likeness (QED) is 0.730. The molecule has 0 aliphatic rings. The fraction of sp³-hybridized carbons (Fsp3) is 0.444. The Morgan fingerprint density at radius 1 is 1.71 bits per heavy atom. The van der Waals surface area contributed by atoms with E-state index in [1.165, 1.54) is 11.3 Å². The molecule has 1 rings (SSSR count). The molecule has 1 aromatic rings. The molecular weight excluding hydrogens is 202 g/mol. The molecule has 0 saturated heterocycles. The largest absolute Gasteiger partial charge is 0.492 e. The van der Waals surface area contributed by atoms with E-state index in [9.17, 15) is 4.79 Å². The minimum Gasteiger partial charge on any atom is -0.492 e. The van der Waals surface area contributed by atoms with Crippen LogP contribution in [0.3, 0.4) is 0 Å². The number of thiophene rings is 1. The molecule has 0 fully saturated rings. The highest BCUT2D eigenvalue weighted by Gasteiger charge is 2.14. The summed E-state index contributed by atoms with van der Waals surface area (Å²) in [5.74, 6) is -0.487. The van der Waals surface area contributed by atoms with Gasteiger partial charge in [-0.05, 0) is 26.0 Å². The van der Waals surface area contributed by atoms with Gasteiger partial charge in [0.2, 0.25) is 0 Å². The molecule has 5 heteroatoms. The molecule has 1 aromatic heterocycles. The lowest BCUT2D eigenvalue weighted by atomic mass is 10.4. The molecule has 78 valence electrons. The maximum atomic E-state index is 10.8. The Morgan fingerprint density at radius 2 is 2.43 bits per heavy atom. The minimum atomic E-state index is -0.939. The number of aryl methyl sites for hydroxylation is 1. The third-order valence-electron chi connectivity index (χ3n) is 1.62. The number of hydrogen-bond donors (Lipinski definition) is 2. The van der Waals surface area contributed by atoms with Crippen molar-refractivity contribution in [3.63, 3.8) is 0 Å². The molecule has 4 nitrogen and oxygen atoms in total. The van der Waals surface area contributed by atoms with Crippen molar-refractivity contribution in [1.29, 1.82) is 0 Å². The highest BCUT2D eigenvalue weighted by molar-refractivity contribution is 7.14. The topological polar surface area (TPSA) is 72.5 Å². The van der Waals surface area contributed by atoms with Gasteiger partial charge in [-0.1, -0.05) is 0 Å². The minimum absolute atomic E-state index is 0.263. The zero-order valence-electron chi connectivity index (χ0n) is 7.95. The first kappa shape index (κ1) is 11.0. The van der Waals surface area contributed by atoms with Crippen molar-refractivity contribution < 1.29 is 14.6 Å². The van der Waals surface area contributed by atoms with Gasteiger partial charge in [0.1, 0.15) is 5.75 Å². The van der Waals surface area contributed by atoms with E-state index < -0.39 is 5.97 Å². The molecule has 0 aliphatic heterocycles. The third kappa shape index (κ3) is 2.71. The van der Waals surface area contributed by atoms with Crippen LogP contribution in [-0.2, 0) is 0 Å². The van der Waals surface area contributed by atoms with E-state index in [1.54, 1.807) is 6.07 Å². The van der Waals surface area contributed by atoms with Crippen molar-refractivity contribution >= 4 is 17.3 Å². The predicted molar refractivity (Wildman–Crippen MR) is 55.2 cm³/mol. The predicted octanol–water partition coefficient (Wildman–Crippen LogP) is 1.48. The van der Waals surface area contributed by atoms with Crippen LogP contribution in [0.25, 0.3) is 0 Å². The van der Waals surface area contributed by atoms with Gasteiger partial charge < -0.3 is 15.6 Å².